The van der Waals surface area contributed by atoms with Gasteiger partial charge >= 0.3 is 0 Å². The second kappa shape index (κ2) is 8.34. The third-order valence-corrected chi connectivity index (χ3v) is 4.22. The SMILES string of the molecule is CC(C)(C)c1ccc(OCCCC(=O)N2CCCNCC2)cc1. The summed E-state index contributed by atoms with van der Waals surface area (Å²) < 4.78 is 5.75. The molecule has 0 radical (unpaired) electrons. The second-order valence-electron chi connectivity index (χ2n) is 7.21. The zero-order valence-electron chi connectivity index (χ0n) is 14.7. The fraction of sp³-hybridized carbons (Fsp3) is 0.632. The first-order valence-corrected chi connectivity index (χ1v) is 8.69. The lowest BCUT2D eigenvalue weighted by Crippen LogP contribution is -2.34. The highest BCUT2D eigenvalue weighted by Crippen LogP contribution is 2.24. The summed E-state index contributed by atoms with van der Waals surface area (Å²) in [6.45, 7) is 10.8. The van der Waals surface area contributed by atoms with Crippen LogP contribution in [0.5, 0.6) is 5.75 Å². The van der Waals surface area contributed by atoms with Crippen LogP contribution in [0.15, 0.2) is 24.3 Å². The van der Waals surface area contributed by atoms with Crippen LogP contribution in [0.1, 0.15) is 45.6 Å². The zero-order chi connectivity index (χ0) is 16.7. The summed E-state index contributed by atoms with van der Waals surface area (Å²) in [7, 11) is 0. The molecule has 23 heavy (non-hydrogen) atoms. The molecule has 1 heterocycles. The van der Waals surface area contributed by atoms with E-state index in [1.807, 2.05) is 17.0 Å². The number of nitrogens with zero attached hydrogens (tertiary/aromatic N) is 1. The number of carbonyl (C=O) groups is 1. The number of amides is 1. The lowest BCUT2D eigenvalue weighted by atomic mass is 9.87. The lowest BCUT2D eigenvalue weighted by molar-refractivity contribution is -0.131. The number of hydrogen-bond acceptors (Lipinski definition) is 3. The second-order valence-corrected chi connectivity index (χ2v) is 7.21. The van der Waals surface area contributed by atoms with Crippen molar-refractivity contribution >= 4 is 5.91 Å². The fourth-order valence-corrected chi connectivity index (χ4v) is 2.72. The molecule has 128 valence electrons. The fourth-order valence-electron chi connectivity index (χ4n) is 2.72. The van der Waals surface area contributed by atoms with Crippen LogP contribution >= 0.6 is 0 Å². The van der Waals surface area contributed by atoms with Gasteiger partial charge in [0, 0.05) is 26.1 Å². The van der Waals surface area contributed by atoms with Gasteiger partial charge in [-0.1, -0.05) is 32.9 Å². The van der Waals surface area contributed by atoms with Crippen LogP contribution in [-0.2, 0) is 10.2 Å². The van der Waals surface area contributed by atoms with Gasteiger partial charge in [0.1, 0.15) is 5.75 Å². The van der Waals surface area contributed by atoms with Crippen LogP contribution in [0, 0.1) is 0 Å². The van der Waals surface area contributed by atoms with E-state index in [0.29, 0.717) is 13.0 Å². The van der Waals surface area contributed by atoms with E-state index in [9.17, 15) is 4.79 Å². The Labute approximate surface area is 140 Å². The van der Waals surface area contributed by atoms with Gasteiger partial charge in [0.25, 0.3) is 0 Å². The lowest BCUT2D eigenvalue weighted by Gasteiger charge is -2.20. The Bertz CT molecular complexity index is 483. The van der Waals surface area contributed by atoms with Crippen molar-refractivity contribution in [3.8, 4) is 5.75 Å². The summed E-state index contributed by atoms with van der Waals surface area (Å²) in [5.74, 6) is 1.13. The molecule has 4 heteroatoms. The molecule has 1 aromatic rings. The molecular formula is C19H30N2O2. The molecule has 1 aliphatic heterocycles. The van der Waals surface area contributed by atoms with Crippen molar-refractivity contribution in [2.24, 2.45) is 0 Å². The minimum absolute atomic E-state index is 0.160. The molecule has 1 N–H and O–H groups in total. The Balaban J connectivity index is 1.69. The van der Waals surface area contributed by atoms with Crippen LogP contribution in [0.3, 0.4) is 0 Å². The summed E-state index contributed by atoms with van der Waals surface area (Å²) in [5.41, 5.74) is 1.46. The number of carbonyl (C=O) groups excluding carboxylic acids is 1. The maximum atomic E-state index is 12.2. The highest BCUT2D eigenvalue weighted by molar-refractivity contribution is 5.76. The average molecular weight is 318 g/mol. The maximum absolute atomic E-state index is 12.2. The predicted molar refractivity (Wildman–Crippen MR) is 93.9 cm³/mol. The monoisotopic (exact) mass is 318 g/mol. The van der Waals surface area contributed by atoms with Crippen molar-refractivity contribution in [3.63, 3.8) is 0 Å². The minimum atomic E-state index is 0.160. The molecule has 1 aliphatic rings. The third kappa shape index (κ3) is 5.87. The molecule has 0 spiro atoms. The van der Waals surface area contributed by atoms with E-state index >= 15 is 0 Å². The Hall–Kier alpha value is -1.55. The molecule has 0 atom stereocenters. The molecule has 0 unspecified atom stereocenters. The molecule has 0 aliphatic carbocycles. The van der Waals surface area contributed by atoms with Crippen LogP contribution in [0.4, 0.5) is 0 Å². The Morgan fingerprint density at radius 1 is 1.17 bits per heavy atom. The van der Waals surface area contributed by atoms with Crippen molar-refractivity contribution < 1.29 is 9.53 Å². The summed E-state index contributed by atoms with van der Waals surface area (Å²) in [4.78, 5) is 14.1. The zero-order valence-corrected chi connectivity index (χ0v) is 14.7. The number of benzene rings is 1. The first-order valence-electron chi connectivity index (χ1n) is 8.69. The van der Waals surface area contributed by atoms with Crippen LogP contribution in [-0.4, -0.2) is 43.6 Å². The van der Waals surface area contributed by atoms with Gasteiger partial charge in [0.2, 0.25) is 5.91 Å². The number of rotatable bonds is 5. The molecule has 4 nitrogen and oxygen atoms in total. The largest absolute Gasteiger partial charge is 0.494 e. The van der Waals surface area contributed by atoms with E-state index in [1.165, 1.54) is 5.56 Å². The van der Waals surface area contributed by atoms with Crippen LogP contribution in [0.25, 0.3) is 0 Å². The maximum Gasteiger partial charge on any atom is 0.222 e. The van der Waals surface area contributed by atoms with E-state index in [0.717, 1.165) is 44.8 Å². The number of nitrogens with one attached hydrogen (secondary N) is 1. The van der Waals surface area contributed by atoms with E-state index < -0.39 is 0 Å². The molecule has 2 rings (SSSR count). The smallest absolute Gasteiger partial charge is 0.222 e. The van der Waals surface area contributed by atoms with Crippen molar-refractivity contribution in [3.05, 3.63) is 29.8 Å². The van der Waals surface area contributed by atoms with E-state index in [1.54, 1.807) is 0 Å². The van der Waals surface area contributed by atoms with Gasteiger partial charge < -0.3 is 15.0 Å². The highest BCUT2D eigenvalue weighted by Gasteiger charge is 2.15. The van der Waals surface area contributed by atoms with Gasteiger partial charge in [0.05, 0.1) is 6.61 Å². The molecule has 0 aromatic heterocycles. The first-order chi connectivity index (χ1) is 11.0. The molecule has 1 fully saturated rings. The summed E-state index contributed by atoms with van der Waals surface area (Å²) >= 11 is 0. The van der Waals surface area contributed by atoms with Crippen molar-refractivity contribution in [1.29, 1.82) is 0 Å². The number of hydrogen-bond donors (Lipinski definition) is 1. The Kier molecular flexibility index (Phi) is 6.46. The first kappa shape index (κ1) is 17.8. The Morgan fingerprint density at radius 2 is 1.91 bits per heavy atom. The summed E-state index contributed by atoms with van der Waals surface area (Å²) in [6.07, 6.45) is 2.38. The average Bonchev–Trinajstić information content (AvgIpc) is 2.80. The van der Waals surface area contributed by atoms with Gasteiger partial charge in [-0.3, -0.25) is 4.79 Å². The normalized spacial score (nSPS) is 16.0. The quantitative estimate of drug-likeness (QED) is 0.849. The minimum Gasteiger partial charge on any atom is -0.494 e. The Morgan fingerprint density at radius 3 is 2.61 bits per heavy atom. The van der Waals surface area contributed by atoms with E-state index in [-0.39, 0.29) is 11.3 Å². The highest BCUT2D eigenvalue weighted by atomic mass is 16.5. The van der Waals surface area contributed by atoms with Crippen molar-refractivity contribution in [2.45, 2.75) is 45.4 Å². The molecule has 0 bridgehead atoms. The topological polar surface area (TPSA) is 41.6 Å². The summed E-state index contributed by atoms with van der Waals surface area (Å²) in [5, 5.41) is 3.32. The molecular weight excluding hydrogens is 288 g/mol. The summed E-state index contributed by atoms with van der Waals surface area (Å²) in [6, 6.07) is 8.27. The molecule has 0 saturated carbocycles. The van der Waals surface area contributed by atoms with Gasteiger partial charge in [-0.05, 0) is 42.5 Å². The molecule has 1 saturated heterocycles. The molecule has 1 aromatic carbocycles. The standard InChI is InChI=1S/C19H30N2O2/c1-19(2,3)16-7-9-17(10-8-16)23-15-4-6-18(22)21-13-5-11-20-12-14-21/h7-10,20H,4-6,11-15H2,1-3H3. The van der Waals surface area contributed by atoms with Gasteiger partial charge in [-0.15, -0.1) is 0 Å². The van der Waals surface area contributed by atoms with Crippen molar-refractivity contribution in [1.82, 2.24) is 10.2 Å². The number of ether oxygens (including phenoxy) is 1. The predicted octanol–water partition coefficient (Wildman–Crippen LogP) is 2.97. The van der Waals surface area contributed by atoms with E-state index in [4.69, 9.17) is 4.74 Å². The van der Waals surface area contributed by atoms with E-state index in [2.05, 4.69) is 38.2 Å². The van der Waals surface area contributed by atoms with Gasteiger partial charge in [-0.25, -0.2) is 0 Å². The third-order valence-electron chi connectivity index (χ3n) is 4.22. The van der Waals surface area contributed by atoms with Gasteiger partial charge in [0.15, 0.2) is 0 Å². The van der Waals surface area contributed by atoms with Crippen molar-refractivity contribution in [2.75, 3.05) is 32.8 Å². The molecule has 1 amide bonds. The van der Waals surface area contributed by atoms with Crippen LogP contribution in [0.2, 0.25) is 0 Å². The van der Waals surface area contributed by atoms with Crippen LogP contribution < -0.4 is 10.1 Å². The van der Waals surface area contributed by atoms with Gasteiger partial charge in [-0.2, -0.15) is 0 Å².